The van der Waals surface area contributed by atoms with Crippen molar-refractivity contribution in [1.82, 2.24) is 4.98 Å². The van der Waals surface area contributed by atoms with E-state index in [1.165, 1.54) is 12.0 Å². The molecule has 140 valence electrons. The van der Waals surface area contributed by atoms with Crippen LogP contribution in [0.5, 0.6) is 0 Å². The molecule has 0 saturated heterocycles. The van der Waals surface area contributed by atoms with Gasteiger partial charge in [0, 0.05) is 24.5 Å². The van der Waals surface area contributed by atoms with Crippen LogP contribution in [0.2, 0.25) is 0 Å². The summed E-state index contributed by atoms with van der Waals surface area (Å²) >= 11 is 0. The molecule has 1 aromatic carbocycles. The molecule has 0 aliphatic heterocycles. The lowest BCUT2D eigenvalue weighted by molar-refractivity contribution is 0.0996. The van der Waals surface area contributed by atoms with E-state index in [2.05, 4.69) is 59.5 Å². The Morgan fingerprint density at radius 1 is 1.15 bits per heavy atom. The average molecular weight is 364 g/mol. The standard InChI is InChI=1S/C21H24N4O2/c1-4-25(5-2)17-9-10-18(15(3)13-17)23-16-8-11-20(22-14-16)24-21(26)19-7-6-12-27-19/h6-14,23H,4-5H2,1-3H3,(H,22,24,26). The van der Waals surface area contributed by atoms with Crippen molar-refractivity contribution >= 4 is 28.8 Å². The molecule has 0 saturated carbocycles. The van der Waals surface area contributed by atoms with Crippen LogP contribution in [-0.4, -0.2) is 24.0 Å². The smallest absolute Gasteiger partial charge is 0.292 e. The quantitative estimate of drug-likeness (QED) is 0.629. The van der Waals surface area contributed by atoms with Gasteiger partial charge in [0.25, 0.3) is 5.91 Å². The van der Waals surface area contributed by atoms with Crippen LogP contribution in [0.25, 0.3) is 0 Å². The van der Waals surface area contributed by atoms with Gasteiger partial charge in [-0.2, -0.15) is 0 Å². The van der Waals surface area contributed by atoms with E-state index in [1.54, 1.807) is 24.4 Å². The second kappa shape index (κ2) is 8.40. The third-order valence-electron chi connectivity index (χ3n) is 4.37. The van der Waals surface area contributed by atoms with Crippen LogP contribution in [0.1, 0.15) is 30.0 Å². The Labute approximate surface area is 159 Å². The molecule has 0 aliphatic rings. The Hall–Kier alpha value is -3.28. The molecule has 2 aromatic heterocycles. The minimum absolute atomic E-state index is 0.253. The van der Waals surface area contributed by atoms with Crippen molar-refractivity contribution in [3.8, 4) is 0 Å². The molecular weight excluding hydrogens is 340 g/mol. The Bertz CT molecular complexity index is 885. The van der Waals surface area contributed by atoms with E-state index in [0.717, 1.165) is 30.0 Å². The summed E-state index contributed by atoms with van der Waals surface area (Å²) in [6.07, 6.45) is 3.15. The molecule has 6 heteroatoms. The van der Waals surface area contributed by atoms with Gasteiger partial charge < -0.3 is 20.0 Å². The van der Waals surface area contributed by atoms with Crippen molar-refractivity contribution in [2.45, 2.75) is 20.8 Å². The number of carbonyl (C=O) groups is 1. The van der Waals surface area contributed by atoms with Crippen LogP contribution in [0.15, 0.2) is 59.3 Å². The molecule has 0 atom stereocenters. The van der Waals surface area contributed by atoms with Gasteiger partial charge in [-0.05, 0) is 68.8 Å². The second-order valence-electron chi connectivity index (χ2n) is 6.16. The van der Waals surface area contributed by atoms with Gasteiger partial charge >= 0.3 is 0 Å². The third-order valence-corrected chi connectivity index (χ3v) is 4.37. The lowest BCUT2D eigenvalue weighted by Gasteiger charge is -2.22. The van der Waals surface area contributed by atoms with E-state index in [4.69, 9.17) is 4.42 Å². The van der Waals surface area contributed by atoms with Crippen molar-refractivity contribution in [2.24, 2.45) is 0 Å². The van der Waals surface area contributed by atoms with Gasteiger partial charge in [-0.15, -0.1) is 0 Å². The minimum Gasteiger partial charge on any atom is -0.459 e. The number of pyridine rings is 1. The highest BCUT2D eigenvalue weighted by molar-refractivity contribution is 6.01. The normalized spacial score (nSPS) is 10.5. The first-order chi connectivity index (χ1) is 13.1. The number of benzene rings is 1. The van der Waals surface area contributed by atoms with E-state index in [-0.39, 0.29) is 11.7 Å². The van der Waals surface area contributed by atoms with Gasteiger partial charge in [-0.3, -0.25) is 4.79 Å². The fourth-order valence-electron chi connectivity index (χ4n) is 2.86. The van der Waals surface area contributed by atoms with Crippen molar-refractivity contribution in [2.75, 3.05) is 28.6 Å². The summed E-state index contributed by atoms with van der Waals surface area (Å²) < 4.78 is 5.07. The highest BCUT2D eigenvalue weighted by Gasteiger charge is 2.10. The Morgan fingerprint density at radius 3 is 2.56 bits per heavy atom. The lowest BCUT2D eigenvalue weighted by Crippen LogP contribution is -2.21. The molecule has 27 heavy (non-hydrogen) atoms. The summed E-state index contributed by atoms with van der Waals surface area (Å²) in [5, 5.41) is 6.07. The first-order valence-corrected chi connectivity index (χ1v) is 9.04. The molecule has 0 aliphatic carbocycles. The number of nitrogens with zero attached hydrogens (tertiary/aromatic N) is 2. The average Bonchev–Trinajstić information content (AvgIpc) is 3.21. The number of nitrogens with one attached hydrogen (secondary N) is 2. The van der Waals surface area contributed by atoms with Crippen molar-refractivity contribution < 1.29 is 9.21 Å². The SMILES string of the molecule is CCN(CC)c1ccc(Nc2ccc(NC(=O)c3ccco3)nc2)c(C)c1. The maximum atomic E-state index is 12.0. The summed E-state index contributed by atoms with van der Waals surface area (Å²) in [7, 11) is 0. The molecule has 6 nitrogen and oxygen atoms in total. The maximum absolute atomic E-state index is 12.0. The summed E-state index contributed by atoms with van der Waals surface area (Å²) in [4.78, 5) is 18.6. The molecule has 1 amide bonds. The highest BCUT2D eigenvalue weighted by Crippen LogP contribution is 2.25. The van der Waals surface area contributed by atoms with Crippen LogP contribution in [0.4, 0.5) is 22.9 Å². The number of amides is 1. The highest BCUT2D eigenvalue weighted by atomic mass is 16.3. The Morgan fingerprint density at radius 2 is 1.96 bits per heavy atom. The zero-order valence-corrected chi connectivity index (χ0v) is 15.8. The van der Waals surface area contributed by atoms with Crippen molar-refractivity contribution in [3.05, 3.63) is 66.2 Å². The van der Waals surface area contributed by atoms with Gasteiger partial charge in [0.05, 0.1) is 18.1 Å². The van der Waals surface area contributed by atoms with E-state index in [0.29, 0.717) is 5.82 Å². The van der Waals surface area contributed by atoms with Crippen LogP contribution < -0.4 is 15.5 Å². The second-order valence-corrected chi connectivity index (χ2v) is 6.16. The fourth-order valence-corrected chi connectivity index (χ4v) is 2.86. The Balaban J connectivity index is 1.67. The van der Waals surface area contributed by atoms with Crippen LogP contribution in [0.3, 0.4) is 0 Å². The molecule has 0 spiro atoms. The summed E-state index contributed by atoms with van der Waals surface area (Å²) in [5.74, 6) is 0.398. The molecular formula is C21H24N4O2. The number of furan rings is 1. The van der Waals surface area contributed by atoms with Gasteiger partial charge in [-0.25, -0.2) is 4.98 Å². The predicted molar refractivity (Wildman–Crippen MR) is 109 cm³/mol. The molecule has 0 bridgehead atoms. The Kier molecular flexibility index (Phi) is 5.76. The number of anilines is 4. The van der Waals surface area contributed by atoms with Crippen molar-refractivity contribution in [1.29, 1.82) is 0 Å². The van der Waals surface area contributed by atoms with Gasteiger partial charge in [0.2, 0.25) is 0 Å². The number of hydrogen-bond donors (Lipinski definition) is 2. The van der Waals surface area contributed by atoms with E-state index in [9.17, 15) is 4.79 Å². The first kappa shape index (κ1) is 18.5. The van der Waals surface area contributed by atoms with Crippen molar-refractivity contribution in [3.63, 3.8) is 0 Å². The van der Waals surface area contributed by atoms with E-state index in [1.807, 2.05) is 6.07 Å². The van der Waals surface area contributed by atoms with E-state index >= 15 is 0 Å². The maximum Gasteiger partial charge on any atom is 0.292 e. The molecule has 3 rings (SSSR count). The molecule has 0 unspecified atom stereocenters. The number of aromatic nitrogens is 1. The zero-order valence-electron chi connectivity index (χ0n) is 15.8. The molecule has 0 radical (unpaired) electrons. The molecule has 3 aromatic rings. The monoisotopic (exact) mass is 364 g/mol. The van der Waals surface area contributed by atoms with Crippen LogP contribution in [0, 0.1) is 6.92 Å². The minimum atomic E-state index is -0.323. The molecule has 0 fully saturated rings. The first-order valence-electron chi connectivity index (χ1n) is 9.04. The number of aryl methyl sites for hydroxylation is 1. The number of hydrogen-bond acceptors (Lipinski definition) is 5. The summed E-state index contributed by atoms with van der Waals surface area (Å²) in [6.45, 7) is 8.36. The van der Waals surface area contributed by atoms with Gasteiger partial charge in [0.15, 0.2) is 5.76 Å². The lowest BCUT2D eigenvalue weighted by atomic mass is 10.1. The topological polar surface area (TPSA) is 70.4 Å². The molecule has 2 N–H and O–H groups in total. The fraction of sp³-hybridized carbons (Fsp3) is 0.238. The summed E-state index contributed by atoms with van der Waals surface area (Å²) in [6, 6.07) is 13.3. The number of carbonyl (C=O) groups excluding carboxylic acids is 1. The molecule has 2 heterocycles. The van der Waals surface area contributed by atoms with E-state index < -0.39 is 0 Å². The van der Waals surface area contributed by atoms with Gasteiger partial charge in [-0.1, -0.05) is 0 Å². The van der Waals surface area contributed by atoms with Crippen LogP contribution >= 0.6 is 0 Å². The zero-order chi connectivity index (χ0) is 19.2. The predicted octanol–water partition coefficient (Wildman–Crippen LogP) is 4.83. The van der Waals surface area contributed by atoms with Crippen LogP contribution in [-0.2, 0) is 0 Å². The third kappa shape index (κ3) is 4.47. The largest absolute Gasteiger partial charge is 0.459 e. The number of rotatable bonds is 7. The van der Waals surface area contributed by atoms with Gasteiger partial charge in [0.1, 0.15) is 5.82 Å². The summed E-state index contributed by atoms with van der Waals surface area (Å²) in [5.41, 5.74) is 4.26.